The molecule has 0 aliphatic rings. The molecule has 0 saturated carbocycles. The SMILES string of the molecule is O=c1[nH][nH]c(=O)n1CCSSCCn1c(=O)[nH][nH]c1=O. The largest absolute Gasteiger partial charge is 0.344 e. The second kappa shape index (κ2) is 6.56. The lowest BCUT2D eigenvalue weighted by atomic mass is 10.7. The van der Waals surface area contributed by atoms with Gasteiger partial charge in [-0.2, -0.15) is 0 Å². The Balaban J connectivity index is 1.70. The van der Waals surface area contributed by atoms with E-state index >= 15 is 0 Å². The maximum atomic E-state index is 11.2. The highest BCUT2D eigenvalue weighted by atomic mass is 33.1. The highest BCUT2D eigenvalue weighted by molar-refractivity contribution is 8.76. The van der Waals surface area contributed by atoms with Gasteiger partial charge in [0.15, 0.2) is 0 Å². The molecule has 0 saturated heterocycles. The third kappa shape index (κ3) is 3.39. The fourth-order valence-corrected chi connectivity index (χ4v) is 3.35. The lowest BCUT2D eigenvalue weighted by molar-refractivity contribution is 0.710. The molecule has 0 aliphatic carbocycles. The number of rotatable bonds is 7. The number of aromatic nitrogens is 6. The summed E-state index contributed by atoms with van der Waals surface area (Å²) < 4.78 is 2.13. The van der Waals surface area contributed by atoms with Crippen molar-refractivity contribution < 1.29 is 0 Å². The lowest BCUT2D eigenvalue weighted by Crippen LogP contribution is -2.27. The molecule has 0 bridgehead atoms. The van der Waals surface area contributed by atoms with Crippen molar-refractivity contribution in [2.24, 2.45) is 0 Å². The van der Waals surface area contributed by atoms with Gasteiger partial charge in [0, 0.05) is 24.6 Å². The average molecular weight is 320 g/mol. The predicted molar refractivity (Wildman–Crippen MR) is 76.3 cm³/mol. The van der Waals surface area contributed by atoms with Crippen molar-refractivity contribution in [2.75, 3.05) is 11.5 Å². The second-order valence-corrected chi connectivity index (χ2v) is 6.37. The third-order valence-electron chi connectivity index (χ3n) is 2.41. The van der Waals surface area contributed by atoms with Crippen LogP contribution in [0.25, 0.3) is 0 Å². The van der Waals surface area contributed by atoms with E-state index in [1.807, 2.05) is 0 Å². The van der Waals surface area contributed by atoms with Gasteiger partial charge in [0.05, 0.1) is 0 Å². The zero-order valence-corrected chi connectivity index (χ0v) is 11.8. The van der Waals surface area contributed by atoms with Crippen LogP contribution in [0.5, 0.6) is 0 Å². The summed E-state index contributed by atoms with van der Waals surface area (Å²) in [7, 11) is 2.91. The van der Waals surface area contributed by atoms with Crippen LogP contribution in [0.2, 0.25) is 0 Å². The molecular formula is C8H12N6O4S2. The Morgan fingerprint density at radius 2 is 0.950 bits per heavy atom. The minimum atomic E-state index is -0.467. The van der Waals surface area contributed by atoms with E-state index in [9.17, 15) is 19.2 Å². The summed E-state index contributed by atoms with van der Waals surface area (Å²) in [5.74, 6) is 1.12. The van der Waals surface area contributed by atoms with Gasteiger partial charge in [-0.05, 0) is 0 Å². The van der Waals surface area contributed by atoms with Gasteiger partial charge in [-0.15, -0.1) is 0 Å². The van der Waals surface area contributed by atoms with Crippen LogP contribution in [0.15, 0.2) is 19.2 Å². The van der Waals surface area contributed by atoms with E-state index in [1.165, 1.54) is 21.6 Å². The van der Waals surface area contributed by atoms with Gasteiger partial charge in [0.25, 0.3) is 0 Å². The number of nitrogens with one attached hydrogen (secondary N) is 4. The smallest absolute Gasteiger partial charge is 0.247 e. The van der Waals surface area contributed by atoms with E-state index in [1.54, 1.807) is 0 Å². The molecule has 0 atom stereocenters. The summed E-state index contributed by atoms with van der Waals surface area (Å²) in [6, 6.07) is 0. The summed E-state index contributed by atoms with van der Waals surface area (Å²) in [5.41, 5.74) is -1.87. The summed E-state index contributed by atoms with van der Waals surface area (Å²) >= 11 is 0. The Labute approximate surface area is 118 Å². The van der Waals surface area contributed by atoms with Gasteiger partial charge in [0.2, 0.25) is 0 Å². The molecule has 0 aromatic carbocycles. The zero-order chi connectivity index (χ0) is 14.5. The molecule has 0 unspecified atom stereocenters. The Morgan fingerprint density at radius 3 is 1.25 bits per heavy atom. The van der Waals surface area contributed by atoms with Crippen LogP contribution >= 0.6 is 21.6 Å². The molecule has 2 rings (SSSR count). The average Bonchev–Trinajstić information content (AvgIpc) is 2.90. The first-order valence-corrected chi connectivity index (χ1v) is 8.08. The maximum Gasteiger partial charge on any atom is 0.344 e. The minimum absolute atomic E-state index is 0.292. The van der Waals surface area contributed by atoms with E-state index in [2.05, 4.69) is 20.4 Å². The highest BCUT2D eigenvalue weighted by Crippen LogP contribution is 2.20. The van der Waals surface area contributed by atoms with E-state index in [-0.39, 0.29) is 0 Å². The molecule has 0 fully saturated rings. The summed E-state index contributed by atoms with van der Waals surface area (Å²) in [6.45, 7) is 0.583. The quantitative estimate of drug-likeness (QED) is 0.348. The molecule has 10 nitrogen and oxygen atoms in total. The first kappa shape index (κ1) is 14.6. The third-order valence-corrected chi connectivity index (χ3v) is 4.78. The fraction of sp³-hybridized carbons (Fsp3) is 0.500. The van der Waals surface area contributed by atoms with Crippen molar-refractivity contribution >= 4 is 21.6 Å². The first-order valence-electron chi connectivity index (χ1n) is 5.59. The predicted octanol–water partition coefficient (Wildman–Crippen LogP) is -1.88. The van der Waals surface area contributed by atoms with Crippen LogP contribution in [-0.4, -0.2) is 41.0 Å². The Morgan fingerprint density at radius 1 is 0.650 bits per heavy atom. The Kier molecular flexibility index (Phi) is 4.79. The van der Waals surface area contributed by atoms with E-state index < -0.39 is 22.8 Å². The number of aromatic amines is 4. The van der Waals surface area contributed by atoms with Crippen LogP contribution in [-0.2, 0) is 13.1 Å². The molecule has 20 heavy (non-hydrogen) atoms. The molecule has 0 spiro atoms. The minimum Gasteiger partial charge on any atom is -0.247 e. The Bertz CT molecular complexity index is 655. The monoisotopic (exact) mass is 320 g/mol. The zero-order valence-electron chi connectivity index (χ0n) is 10.2. The number of hydrogen-bond acceptors (Lipinski definition) is 6. The summed E-state index contributed by atoms with van der Waals surface area (Å²) in [4.78, 5) is 44.7. The molecule has 110 valence electrons. The van der Waals surface area contributed by atoms with Crippen molar-refractivity contribution in [3.63, 3.8) is 0 Å². The van der Waals surface area contributed by atoms with E-state index in [0.29, 0.717) is 24.6 Å². The maximum absolute atomic E-state index is 11.2. The molecule has 0 amide bonds. The summed E-state index contributed by atoms with van der Waals surface area (Å²) in [6.07, 6.45) is 0. The normalized spacial score (nSPS) is 11.0. The molecule has 2 aromatic heterocycles. The van der Waals surface area contributed by atoms with Gasteiger partial charge in [-0.1, -0.05) is 21.6 Å². The molecule has 0 radical (unpaired) electrons. The van der Waals surface area contributed by atoms with E-state index in [4.69, 9.17) is 0 Å². The van der Waals surface area contributed by atoms with Gasteiger partial charge < -0.3 is 0 Å². The van der Waals surface area contributed by atoms with Crippen molar-refractivity contribution in [1.29, 1.82) is 0 Å². The summed E-state index contributed by atoms with van der Waals surface area (Å²) in [5, 5.41) is 8.78. The first-order chi connectivity index (χ1) is 9.59. The van der Waals surface area contributed by atoms with Crippen molar-refractivity contribution in [3.05, 3.63) is 41.9 Å². The molecule has 4 N–H and O–H groups in total. The van der Waals surface area contributed by atoms with Gasteiger partial charge in [-0.3, -0.25) is 0 Å². The van der Waals surface area contributed by atoms with Gasteiger partial charge in [-0.25, -0.2) is 48.7 Å². The van der Waals surface area contributed by atoms with Crippen LogP contribution in [0, 0.1) is 0 Å². The number of nitrogens with zero attached hydrogens (tertiary/aromatic N) is 2. The highest BCUT2D eigenvalue weighted by Gasteiger charge is 2.04. The molecule has 12 heteroatoms. The van der Waals surface area contributed by atoms with Crippen molar-refractivity contribution in [3.8, 4) is 0 Å². The standard InChI is InChI=1S/C8H12N6O4S2/c15-5-9-10-6(16)13(5)1-3-19-20-4-2-14-7(17)11-12-8(14)18/h1-4H2,(H,9,15)(H,10,16)(H,11,17)(H,12,18). The number of hydrogen-bond donors (Lipinski definition) is 4. The lowest BCUT2D eigenvalue weighted by Gasteiger charge is -2.00. The Hall–Kier alpha value is -1.82. The van der Waals surface area contributed by atoms with Crippen LogP contribution in [0.4, 0.5) is 0 Å². The molecule has 2 aromatic rings. The van der Waals surface area contributed by atoms with Gasteiger partial charge in [0.1, 0.15) is 0 Å². The molecular weight excluding hydrogens is 308 g/mol. The van der Waals surface area contributed by atoms with Crippen molar-refractivity contribution in [2.45, 2.75) is 13.1 Å². The van der Waals surface area contributed by atoms with Crippen LogP contribution < -0.4 is 22.8 Å². The van der Waals surface area contributed by atoms with Crippen LogP contribution in [0.3, 0.4) is 0 Å². The molecule has 2 heterocycles. The second-order valence-electron chi connectivity index (χ2n) is 3.67. The molecule has 0 aliphatic heterocycles. The van der Waals surface area contributed by atoms with E-state index in [0.717, 1.165) is 9.13 Å². The van der Waals surface area contributed by atoms with Crippen molar-refractivity contribution in [1.82, 2.24) is 29.5 Å². The van der Waals surface area contributed by atoms with Crippen LogP contribution in [0.1, 0.15) is 0 Å². The van der Waals surface area contributed by atoms with Gasteiger partial charge >= 0.3 is 22.8 Å². The topological polar surface area (TPSA) is 141 Å². The number of H-pyrrole nitrogens is 4. The fourth-order valence-electron chi connectivity index (χ4n) is 1.45.